The van der Waals surface area contributed by atoms with Gasteiger partial charge in [0, 0.05) is 0 Å². The topological polar surface area (TPSA) is 0 Å². The van der Waals surface area contributed by atoms with E-state index in [0.717, 1.165) is 41.9 Å². The first-order chi connectivity index (χ1) is 15.8. The van der Waals surface area contributed by atoms with Crippen LogP contribution >= 0.6 is 0 Å². The Bertz CT molecular complexity index is 668. The Kier molecular flexibility index (Phi) is 9.56. The van der Waals surface area contributed by atoms with E-state index >= 15 is 0 Å². The van der Waals surface area contributed by atoms with Gasteiger partial charge in [0.2, 0.25) is 0 Å². The van der Waals surface area contributed by atoms with Crippen LogP contribution in [0.2, 0.25) is 0 Å². The molecule has 0 spiro atoms. The van der Waals surface area contributed by atoms with Crippen molar-refractivity contribution in [2.24, 2.45) is 46.3 Å². The highest BCUT2D eigenvalue weighted by Gasteiger charge is 2.58. The lowest BCUT2D eigenvalue weighted by molar-refractivity contribution is -0.0443. The second-order valence-electron chi connectivity index (χ2n) is 13.1. The van der Waals surface area contributed by atoms with E-state index in [4.69, 9.17) is 0 Å². The third-order valence-corrected chi connectivity index (χ3v) is 10.7. The molecule has 0 bridgehead atoms. The molecule has 0 aliphatic heterocycles. The smallest absolute Gasteiger partial charge is 0.00849 e. The van der Waals surface area contributed by atoms with E-state index in [9.17, 15) is 0 Å². The van der Waals surface area contributed by atoms with E-state index in [1.54, 1.807) is 0 Å². The molecule has 0 saturated heterocycles. The molecule has 4 aliphatic rings. The number of rotatable bonds is 8. The molecule has 1 unspecified atom stereocenters. The molecule has 0 aromatic rings. The minimum Gasteiger partial charge on any atom is -0.103 e. The molecular weight excluding hydrogens is 396 g/mol. The van der Waals surface area contributed by atoms with Gasteiger partial charge in [0.1, 0.15) is 0 Å². The molecule has 0 amide bonds. The zero-order chi connectivity index (χ0) is 24.1. The van der Waals surface area contributed by atoms with Crippen LogP contribution in [0.15, 0.2) is 37.0 Å². The number of hydrogen-bond donors (Lipinski definition) is 0. The third-order valence-electron chi connectivity index (χ3n) is 10.7. The fraction of sp³-hybridized carbons (Fsp3) is 0.818. The summed E-state index contributed by atoms with van der Waals surface area (Å²) in [4.78, 5) is 0. The van der Waals surface area contributed by atoms with E-state index in [1.165, 1.54) is 83.5 Å². The summed E-state index contributed by atoms with van der Waals surface area (Å²) in [5.74, 6) is 5.59. The van der Waals surface area contributed by atoms with Crippen LogP contribution in [-0.2, 0) is 0 Å². The van der Waals surface area contributed by atoms with Gasteiger partial charge in [-0.2, -0.15) is 0 Å². The molecule has 33 heavy (non-hydrogen) atoms. The van der Waals surface area contributed by atoms with Crippen LogP contribution in [0.25, 0.3) is 0 Å². The van der Waals surface area contributed by atoms with E-state index < -0.39 is 0 Å². The highest BCUT2D eigenvalue weighted by atomic mass is 14.6. The number of allylic oxidation sites excluding steroid dienone is 4. The molecule has 7 atom stereocenters. The van der Waals surface area contributed by atoms with Crippen LogP contribution < -0.4 is 0 Å². The van der Waals surface area contributed by atoms with E-state index in [1.807, 2.05) is 11.6 Å². The predicted octanol–water partition coefficient (Wildman–Crippen LogP) is 10.6. The lowest BCUT2D eigenvalue weighted by Gasteiger charge is -2.58. The standard InChI is InChI=1S/C28H46.C5H10/c1-6-21-15-17-28(5)23(19-21)11-13-24-25-14-12-22(10-8-7-9-20(2)3)27(25,4)18-16-26(24)28;1-3-5-4-2/h6,11,20-22,24-26H,1,7-10,12-19H2,2-5H3;3H,1,4-5H2,2H3/t21?,22-,24-,25-,26-,27+,28-;/m0./s1. The van der Waals surface area contributed by atoms with E-state index in [0.29, 0.717) is 10.8 Å². The van der Waals surface area contributed by atoms with Crippen LogP contribution in [-0.4, -0.2) is 0 Å². The molecule has 188 valence electrons. The average Bonchev–Trinajstić information content (AvgIpc) is 3.13. The Balaban J connectivity index is 0.000000555. The van der Waals surface area contributed by atoms with Gasteiger partial charge in [-0.1, -0.05) is 84.1 Å². The maximum atomic E-state index is 4.10. The first-order valence-corrected chi connectivity index (χ1v) is 14.7. The Morgan fingerprint density at radius 1 is 1.03 bits per heavy atom. The molecule has 4 aliphatic carbocycles. The maximum Gasteiger partial charge on any atom is -0.00849 e. The fourth-order valence-electron chi connectivity index (χ4n) is 8.62. The monoisotopic (exact) mass is 452 g/mol. The van der Waals surface area contributed by atoms with Crippen molar-refractivity contribution in [3.8, 4) is 0 Å². The van der Waals surface area contributed by atoms with Gasteiger partial charge in [0.25, 0.3) is 0 Å². The van der Waals surface area contributed by atoms with Crippen LogP contribution in [0.1, 0.15) is 125 Å². The van der Waals surface area contributed by atoms with Crippen molar-refractivity contribution >= 4 is 0 Å². The van der Waals surface area contributed by atoms with Crippen molar-refractivity contribution in [1.82, 2.24) is 0 Å². The first kappa shape index (κ1) is 26.8. The Labute approximate surface area is 207 Å². The van der Waals surface area contributed by atoms with Crippen molar-refractivity contribution in [1.29, 1.82) is 0 Å². The Hall–Kier alpha value is -0.780. The molecule has 0 heteroatoms. The van der Waals surface area contributed by atoms with Gasteiger partial charge in [0.15, 0.2) is 0 Å². The summed E-state index contributed by atoms with van der Waals surface area (Å²) < 4.78 is 0. The molecule has 3 saturated carbocycles. The second-order valence-corrected chi connectivity index (χ2v) is 13.1. The molecule has 3 fully saturated rings. The molecule has 0 aromatic carbocycles. The quantitative estimate of drug-likeness (QED) is 0.254. The van der Waals surface area contributed by atoms with E-state index in [-0.39, 0.29) is 0 Å². The predicted molar refractivity (Wildman–Crippen MR) is 147 cm³/mol. The minimum absolute atomic E-state index is 0.513. The molecule has 0 N–H and O–H groups in total. The van der Waals surface area contributed by atoms with Crippen LogP contribution in [0.3, 0.4) is 0 Å². The summed E-state index contributed by atoms with van der Waals surface area (Å²) in [5, 5.41) is 0. The van der Waals surface area contributed by atoms with Gasteiger partial charge in [-0.15, -0.1) is 13.2 Å². The first-order valence-electron chi connectivity index (χ1n) is 14.7. The zero-order valence-electron chi connectivity index (χ0n) is 23.0. The second kappa shape index (κ2) is 11.8. The minimum atomic E-state index is 0.513. The van der Waals surface area contributed by atoms with Crippen molar-refractivity contribution in [2.45, 2.75) is 125 Å². The summed E-state index contributed by atoms with van der Waals surface area (Å²) in [7, 11) is 0. The summed E-state index contributed by atoms with van der Waals surface area (Å²) in [5.41, 5.74) is 2.98. The normalized spacial score (nSPS) is 39.5. The molecular formula is C33H56. The molecule has 4 rings (SSSR count). The molecule has 0 aromatic heterocycles. The van der Waals surface area contributed by atoms with Gasteiger partial charge in [-0.05, 0) is 111 Å². The highest BCUT2D eigenvalue weighted by molar-refractivity contribution is 5.26. The molecule has 0 nitrogen and oxygen atoms in total. The average molecular weight is 453 g/mol. The van der Waals surface area contributed by atoms with Crippen molar-refractivity contribution in [3.05, 3.63) is 37.0 Å². The zero-order valence-corrected chi connectivity index (χ0v) is 23.0. The summed E-state index contributed by atoms with van der Waals surface area (Å²) in [6, 6.07) is 0. The highest BCUT2D eigenvalue weighted by Crippen LogP contribution is 2.67. The van der Waals surface area contributed by atoms with Crippen molar-refractivity contribution in [3.63, 3.8) is 0 Å². The van der Waals surface area contributed by atoms with Crippen molar-refractivity contribution in [2.75, 3.05) is 0 Å². The number of hydrogen-bond acceptors (Lipinski definition) is 0. The Morgan fingerprint density at radius 3 is 2.45 bits per heavy atom. The summed E-state index contributed by atoms with van der Waals surface area (Å²) in [6.07, 6.45) is 26.7. The van der Waals surface area contributed by atoms with Crippen molar-refractivity contribution < 1.29 is 0 Å². The maximum absolute atomic E-state index is 4.10. The number of fused-ring (bicyclic) bond motifs is 5. The summed E-state index contributed by atoms with van der Waals surface area (Å²) >= 11 is 0. The van der Waals surface area contributed by atoms with Gasteiger partial charge < -0.3 is 0 Å². The van der Waals surface area contributed by atoms with Gasteiger partial charge in [0.05, 0.1) is 0 Å². The summed E-state index contributed by atoms with van der Waals surface area (Å²) in [6.45, 7) is 19.9. The van der Waals surface area contributed by atoms with Gasteiger partial charge in [-0.25, -0.2) is 0 Å². The lowest BCUT2D eigenvalue weighted by Crippen LogP contribution is -2.49. The number of unbranched alkanes of at least 4 members (excludes halogenated alkanes) is 2. The third kappa shape index (κ3) is 5.73. The molecule has 0 heterocycles. The SMILES string of the molecule is C=CC1CC[C@@]2(C)C(=CC[C@H]3[C@@H]4CC[C@H](CCCCC(C)C)[C@@]4(C)CC[C@@H]32)C1.C=CCCC. The van der Waals surface area contributed by atoms with Crippen LogP contribution in [0, 0.1) is 46.3 Å². The lowest BCUT2D eigenvalue weighted by atomic mass is 9.47. The van der Waals surface area contributed by atoms with Crippen LogP contribution in [0.5, 0.6) is 0 Å². The van der Waals surface area contributed by atoms with Gasteiger partial charge in [-0.3, -0.25) is 0 Å². The Morgan fingerprint density at radius 2 is 1.82 bits per heavy atom. The van der Waals surface area contributed by atoms with Crippen LogP contribution in [0.4, 0.5) is 0 Å². The van der Waals surface area contributed by atoms with E-state index in [2.05, 4.69) is 59.9 Å². The largest absolute Gasteiger partial charge is 0.103 e. The van der Waals surface area contributed by atoms with Gasteiger partial charge >= 0.3 is 0 Å². The molecule has 0 radical (unpaired) electrons. The fourth-order valence-corrected chi connectivity index (χ4v) is 8.62.